The molecular weight excluding hydrogens is 282 g/mol. The third-order valence-electron chi connectivity index (χ3n) is 3.00. The molecule has 1 saturated heterocycles. The Morgan fingerprint density at radius 2 is 2.05 bits per heavy atom. The van der Waals surface area contributed by atoms with Gasteiger partial charge in [-0.05, 0) is 49.0 Å². The molecule has 0 aliphatic carbocycles. The van der Waals surface area contributed by atoms with Crippen molar-refractivity contribution in [2.24, 2.45) is 5.92 Å². The molecule has 1 aliphatic rings. The minimum Gasteiger partial charge on any atom is -0.420 e. The van der Waals surface area contributed by atoms with E-state index in [-0.39, 0.29) is 0 Å². The Balaban J connectivity index is 1.57. The Kier molecular flexibility index (Phi) is 4.06. The number of halogens is 1. The molecule has 0 spiro atoms. The molecule has 0 radical (unpaired) electrons. The molecule has 0 saturated carbocycles. The van der Waals surface area contributed by atoms with E-state index in [2.05, 4.69) is 15.5 Å². The zero-order valence-electron chi connectivity index (χ0n) is 10.3. The van der Waals surface area contributed by atoms with E-state index < -0.39 is 0 Å². The van der Waals surface area contributed by atoms with Gasteiger partial charge < -0.3 is 9.73 Å². The van der Waals surface area contributed by atoms with Crippen LogP contribution in [0.4, 0.5) is 0 Å². The lowest BCUT2D eigenvalue weighted by Gasteiger charge is -2.26. The van der Waals surface area contributed by atoms with Gasteiger partial charge in [-0.25, -0.2) is 0 Å². The fourth-order valence-corrected chi connectivity index (χ4v) is 2.90. The Labute approximate surface area is 120 Å². The lowest BCUT2D eigenvalue weighted by molar-refractivity contribution is 0.385. The van der Waals surface area contributed by atoms with Gasteiger partial charge in [0.1, 0.15) is 0 Å². The average Bonchev–Trinajstić information content (AvgIpc) is 2.82. The number of rotatable bonds is 5. The number of hydrogen-bond donors (Lipinski definition) is 1. The number of thioether (sulfide) groups is 1. The molecule has 2 aromatic rings. The summed E-state index contributed by atoms with van der Waals surface area (Å²) in [6.45, 7) is 2.26. The maximum Gasteiger partial charge on any atom is 0.247 e. The van der Waals surface area contributed by atoms with E-state index in [4.69, 9.17) is 16.0 Å². The minimum atomic E-state index is 0.553. The summed E-state index contributed by atoms with van der Waals surface area (Å²) in [5.41, 5.74) is 0.899. The van der Waals surface area contributed by atoms with Crippen molar-refractivity contribution in [3.05, 3.63) is 35.2 Å². The monoisotopic (exact) mass is 295 g/mol. The van der Waals surface area contributed by atoms with Crippen molar-refractivity contribution in [3.8, 4) is 11.5 Å². The highest BCUT2D eigenvalue weighted by molar-refractivity contribution is 7.98. The van der Waals surface area contributed by atoms with Crippen LogP contribution in [0, 0.1) is 5.92 Å². The van der Waals surface area contributed by atoms with Crippen molar-refractivity contribution in [2.45, 2.75) is 5.75 Å². The molecule has 1 aromatic heterocycles. The van der Waals surface area contributed by atoms with Crippen LogP contribution in [0.1, 0.15) is 5.89 Å². The average molecular weight is 296 g/mol. The molecule has 3 rings (SSSR count). The van der Waals surface area contributed by atoms with E-state index in [0.29, 0.717) is 16.8 Å². The summed E-state index contributed by atoms with van der Waals surface area (Å²) in [6.07, 6.45) is 0. The van der Waals surface area contributed by atoms with E-state index in [0.717, 1.165) is 36.1 Å². The van der Waals surface area contributed by atoms with Gasteiger partial charge >= 0.3 is 0 Å². The largest absolute Gasteiger partial charge is 0.420 e. The molecule has 1 aromatic carbocycles. The van der Waals surface area contributed by atoms with Crippen molar-refractivity contribution in [1.29, 1.82) is 0 Å². The van der Waals surface area contributed by atoms with Crippen LogP contribution in [-0.2, 0) is 5.75 Å². The van der Waals surface area contributed by atoms with Crippen LogP contribution in [0.25, 0.3) is 11.5 Å². The molecule has 6 heteroatoms. The second-order valence-corrected chi connectivity index (χ2v) is 6.01. The molecule has 2 heterocycles. The van der Waals surface area contributed by atoms with Crippen LogP contribution in [0.15, 0.2) is 28.7 Å². The van der Waals surface area contributed by atoms with Gasteiger partial charge in [0.25, 0.3) is 0 Å². The van der Waals surface area contributed by atoms with Crippen LogP contribution in [-0.4, -0.2) is 29.0 Å². The van der Waals surface area contributed by atoms with Crippen LogP contribution in [0.2, 0.25) is 5.02 Å². The molecule has 0 atom stereocenters. The number of benzene rings is 1. The molecule has 0 amide bonds. The Hall–Kier alpha value is -1.04. The highest BCUT2D eigenvalue weighted by Crippen LogP contribution is 2.22. The first-order chi connectivity index (χ1) is 9.31. The molecular formula is C13H14ClN3OS. The first-order valence-electron chi connectivity index (χ1n) is 6.18. The maximum atomic E-state index is 5.85. The summed E-state index contributed by atoms with van der Waals surface area (Å²) >= 11 is 7.69. The highest BCUT2D eigenvalue weighted by Gasteiger charge is 2.17. The van der Waals surface area contributed by atoms with Crippen molar-refractivity contribution in [2.75, 3.05) is 18.8 Å². The summed E-state index contributed by atoms with van der Waals surface area (Å²) in [5.74, 6) is 3.95. The van der Waals surface area contributed by atoms with Gasteiger partial charge in [0, 0.05) is 10.6 Å². The van der Waals surface area contributed by atoms with E-state index in [9.17, 15) is 0 Å². The minimum absolute atomic E-state index is 0.553. The van der Waals surface area contributed by atoms with Crippen molar-refractivity contribution < 1.29 is 4.42 Å². The topological polar surface area (TPSA) is 51.0 Å². The summed E-state index contributed by atoms with van der Waals surface area (Å²) < 4.78 is 5.64. The third-order valence-corrected chi connectivity index (χ3v) is 4.41. The molecule has 100 valence electrons. The summed E-state index contributed by atoms with van der Waals surface area (Å²) in [7, 11) is 0. The van der Waals surface area contributed by atoms with Crippen LogP contribution in [0.3, 0.4) is 0 Å². The van der Waals surface area contributed by atoms with E-state index in [1.54, 1.807) is 0 Å². The van der Waals surface area contributed by atoms with Gasteiger partial charge in [0.2, 0.25) is 11.8 Å². The smallest absolute Gasteiger partial charge is 0.247 e. The molecule has 19 heavy (non-hydrogen) atoms. The lowest BCUT2D eigenvalue weighted by Crippen LogP contribution is -2.43. The Bertz CT molecular complexity index is 539. The van der Waals surface area contributed by atoms with Gasteiger partial charge in [-0.2, -0.15) is 11.8 Å². The third kappa shape index (κ3) is 3.29. The fraction of sp³-hybridized carbons (Fsp3) is 0.385. The Morgan fingerprint density at radius 1 is 1.26 bits per heavy atom. The molecule has 1 fully saturated rings. The number of hydrogen-bond acceptors (Lipinski definition) is 5. The molecule has 0 unspecified atom stereocenters. The van der Waals surface area contributed by atoms with Crippen LogP contribution in [0.5, 0.6) is 0 Å². The maximum absolute atomic E-state index is 5.85. The lowest BCUT2D eigenvalue weighted by atomic mass is 10.1. The van der Waals surface area contributed by atoms with Crippen molar-refractivity contribution >= 4 is 23.4 Å². The van der Waals surface area contributed by atoms with Gasteiger partial charge in [-0.3, -0.25) is 0 Å². The van der Waals surface area contributed by atoms with Crippen LogP contribution >= 0.6 is 23.4 Å². The Morgan fingerprint density at radius 3 is 2.74 bits per heavy atom. The normalized spacial score (nSPS) is 15.4. The first-order valence-corrected chi connectivity index (χ1v) is 7.71. The summed E-state index contributed by atoms with van der Waals surface area (Å²) in [4.78, 5) is 0. The SMILES string of the molecule is Clc1ccc(-c2nnc(CSCC3CNC3)o2)cc1. The van der Waals surface area contributed by atoms with Gasteiger partial charge in [0.15, 0.2) is 0 Å². The van der Waals surface area contributed by atoms with E-state index in [1.165, 1.54) is 0 Å². The van der Waals surface area contributed by atoms with Crippen LogP contribution < -0.4 is 5.32 Å². The molecule has 0 bridgehead atoms. The number of nitrogens with one attached hydrogen (secondary N) is 1. The number of nitrogens with zero attached hydrogens (tertiary/aromatic N) is 2. The second kappa shape index (κ2) is 5.94. The van der Waals surface area contributed by atoms with Gasteiger partial charge in [-0.1, -0.05) is 11.6 Å². The molecule has 1 N–H and O–H groups in total. The van der Waals surface area contributed by atoms with Gasteiger partial charge in [-0.15, -0.1) is 10.2 Å². The quantitative estimate of drug-likeness (QED) is 0.919. The van der Waals surface area contributed by atoms with E-state index >= 15 is 0 Å². The highest BCUT2D eigenvalue weighted by atomic mass is 35.5. The van der Waals surface area contributed by atoms with E-state index in [1.807, 2.05) is 36.0 Å². The molecule has 4 nitrogen and oxygen atoms in total. The fourth-order valence-electron chi connectivity index (χ4n) is 1.80. The predicted molar refractivity (Wildman–Crippen MR) is 77.3 cm³/mol. The first kappa shape index (κ1) is 13.0. The number of aromatic nitrogens is 2. The zero-order valence-corrected chi connectivity index (χ0v) is 11.9. The summed E-state index contributed by atoms with van der Waals surface area (Å²) in [6, 6.07) is 7.40. The second-order valence-electron chi connectivity index (χ2n) is 4.55. The zero-order chi connectivity index (χ0) is 13.1. The molecule has 1 aliphatic heterocycles. The standard InChI is InChI=1S/C13H14ClN3OS/c14-11-3-1-10(2-4-11)13-17-16-12(18-13)8-19-7-9-5-15-6-9/h1-4,9,15H,5-8H2. The van der Waals surface area contributed by atoms with Gasteiger partial charge in [0.05, 0.1) is 5.75 Å². The summed E-state index contributed by atoms with van der Waals surface area (Å²) in [5, 5.41) is 12.1. The van der Waals surface area contributed by atoms with Crippen molar-refractivity contribution in [1.82, 2.24) is 15.5 Å². The van der Waals surface area contributed by atoms with Crippen molar-refractivity contribution in [3.63, 3.8) is 0 Å². The predicted octanol–water partition coefficient (Wildman–Crippen LogP) is 2.84.